The van der Waals surface area contributed by atoms with E-state index in [0.29, 0.717) is 37.5 Å². The van der Waals surface area contributed by atoms with Crippen LogP contribution in [0.3, 0.4) is 0 Å². The van der Waals surface area contributed by atoms with Gasteiger partial charge in [0.1, 0.15) is 18.5 Å². The summed E-state index contributed by atoms with van der Waals surface area (Å²) in [6.45, 7) is 0.955. The number of hydrogen-bond donors (Lipinski definition) is 2. The number of hydrogen-bond acceptors (Lipinski definition) is 5. The monoisotopic (exact) mass is 309 g/mol. The third-order valence-corrected chi connectivity index (χ3v) is 3.27. The van der Waals surface area contributed by atoms with Gasteiger partial charge in [0.25, 0.3) is 5.91 Å². The number of carboxylic acid groups (broad SMARTS) is 1. The number of carbonyl (C=O) groups is 2. The predicted octanol–water partition coefficient (Wildman–Crippen LogP) is 1.28. The van der Waals surface area contributed by atoms with E-state index in [9.17, 15) is 9.59 Å². The molecule has 1 saturated heterocycles. The zero-order valence-electron chi connectivity index (χ0n) is 12.3. The van der Waals surface area contributed by atoms with Crippen LogP contribution in [0.15, 0.2) is 24.3 Å². The van der Waals surface area contributed by atoms with E-state index >= 15 is 0 Å². The first-order chi connectivity index (χ1) is 10.6. The number of rotatable bonds is 7. The molecule has 0 unspecified atom stereocenters. The van der Waals surface area contributed by atoms with Gasteiger partial charge in [-0.05, 0) is 37.1 Å². The van der Waals surface area contributed by atoms with Crippen molar-refractivity contribution in [1.82, 2.24) is 0 Å². The van der Waals surface area contributed by atoms with Gasteiger partial charge in [-0.25, -0.2) is 4.79 Å². The van der Waals surface area contributed by atoms with Crippen LogP contribution in [0.1, 0.15) is 12.8 Å². The minimum absolute atomic E-state index is 0.336. The van der Waals surface area contributed by atoms with Crippen LogP contribution in [0.4, 0.5) is 5.69 Å². The molecular weight excluding hydrogens is 290 g/mol. The maximum absolute atomic E-state index is 12.0. The molecule has 0 aliphatic carbocycles. The van der Waals surface area contributed by atoms with Crippen LogP contribution in [0.5, 0.6) is 5.75 Å². The Kier molecular flexibility index (Phi) is 5.74. The Bertz CT molecular complexity index is 515. The third kappa shape index (κ3) is 4.44. The number of amides is 1. The fourth-order valence-corrected chi connectivity index (χ4v) is 2.11. The van der Waals surface area contributed by atoms with Crippen molar-refractivity contribution in [3.8, 4) is 5.75 Å². The number of benzene rings is 1. The Morgan fingerprint density at radius 1 is 1.23 bits per heavy atom. The fourth-order valence-electron chi connectivity index (χ4n) is 2.11. The minimum Gasteiger partial charge on any atom is -0.491 e. The maximum atomic E-state index is 12.0. The third-order valence-electron chi connectivity index (χ3n) is 3.27. The van der Waals surface area contributed by atoms with Crippen molar-refractivity contribution in [2.75, 3.05) is 25.6 Å². The van der Waals surface area contributed by atoms with E-state index in [1.807, 2.05) is 0 Å². The first-order valence-electron chi connectivity index (χ1n) is 7.01. The molecule has 1 heterocycles. The maximum Gasteiger partial charge on any atom is 0.332 e. The van der Waals surface area contributed by atoms with Gasteiger partial charge in [0.05, 0.1) is 6.61 Å². The fraction of sp³-hybridized carbons (Fsp3) is 0.467. The van der Waals surface area contributed by atoms with E-state index in [1.54, 1.807) is 31.4 Å². The SMILES string of the molecule is COCCOc1ccc(NC(=O)[C@@H]2CC[C@H](C(=O)O)O2)cc1. The van der Waals surface area contributed by atoms with Crippen molar-refractivity contribution in [3.05, 3.63) is 24.3 Å². The van der Waals surface area contributed by atoms with Crippen LogP contribution in [-0.2, 0) is 19.1 Å². The van der Waals surface area contributed by atoms with Crippen LogP contribution in [-0.4, -0.2) is 49.5 Å². The quantitative estimate of drug-likeness (QED) is 0.737. The molecule has 1 aromatic carbocycles. The average molecular weight is 309 g/mol. The van der Waals surface area contributed by atoms with Gasteiger partial charge in [0.15, 0.2) is 6.10 Å². The van der Waals surface area contributed by atoms with Gasteiger partial charge in [-0.2, -0.15) is 0 Å². The van der Waals surface area contributed by atoms with Gasteiger partial charge in [0, 0.05) is 12.8 Å². The number of carbonyl (C=O) groups excluding carboxylic acids is 1. The molecule has 2 N–H and O–H groups in total. The van der Waals surface area contributed by atoms with Crippen LogP contribution >= 0.6 is 0 Å². The molecule has 1 aromatic rings. The molecule has 0 saturated carbocycles. The number of nitrogens with one attached hydrogen (secondary N) is 1. The summed E-state index contributed by atoms with van der Waals surface area (Å²) in [7, 11) is 1.60. The molecule has 2 atom stereocenters. The van der Waals surface area contributed by atoms with Gasteiger partial charge in [0.2, 0.25) is 0 Å². The predicted molar refractivity (Wildman–Crippen MR) is 78.0 cm³/mol. The van der Waals surface area contributed by atoms with Crippen molar-refractivity contribution in [2.24, 2.45) is 0 Å². The lowest BCUT2D eigenvalue weighted by molar-refractivity contribution is -0.150. The van der Waals surface area contributed by atoms with Crippen LogP contribution in [0.2, 0.25) is 0 Å². The molecule has 1 aliphatic heterocycles. The highest BCUT2D eigenvalue weighted by molar-refractivity contribution is 5.94. The Balaban J connectivity index is 1.83. The average Bonchev–Trinajstić information content (AvgIpc) is 2.99. The number of ether oxygens (including phenoxy) is 3. The van der Waals surface area contributed by atoms with Crippen molar-refractivity contribution in [2.45, 2.75) is 25.0 Å². The second-order valence-electron chi connectivity index (χ2n) is 4.88. The first kappa shape index (κ1) is 16.3. The lowest BCUT2D eigenvalue weighted by atomic mass is 10.2. The van der Waals surface area contributed by atoms with Crippen molar-refractivity contribution < 1.29 is 28.9 Å². The standard InChI is InChI=1S/C15H19NO6/c1-20-8-9-21-11-4-2-10(3-5-11)16-14(17)12-6-7-13(22-12)15(18)19/h2-5,12-13H,6-9H2,1H3,(H,16,17)(H,18,19)/t12-,13+/m0/s1. The van der Waals surface area contributed by atoms with Gasteiger partial charge in [-0.15, -0.1) is 0 Å². The van der Waals surface area contributed by atoms with Crippen LogP contribution < -0.4 is 10.1 Å². The highest BCUT2D eigenvalue weighted by atomic mass is 16.5. The summed E-state index contributed by atoms with van der Waals surface area (Å²) in [6, 6.07) is 6.90. The summed E-state index contributed by atoms with van der Waals surface area (Å²) < 4.78 is 15.5. The lowest BCUT2D eigenvalue weighted by Gasteiger charge is -2.12. The summed E-state index contributed by atoms with van der Waals surface area (Å²) in [5.41, 5.74) is 0.603. The van der Waals surface area contributed by atoms with Crippen molar-refractivity contribution in [3.63, 3.8) is 0 Å². The Labute approximate surface area is 128 Å². The molecule has 1 amide bonds. The normalized spacial score (nSPS) is 20.6. The molecular formula is C15H19NO6. The zero-order chi connectivity index (χ0) is 15.9. The molecule has 120 valence electrons. The Morgan fingerprint density at radius 3 is 2.50 bits per heavy atom. The second kappa shape index (κ2) is 7.77. The number of carboxylic acids is 1. The number of methoxy groups -OCH3 is 1. The molecule has 1 fully saturated rings. The van der Waals surface area contributed by atoms with Crippen molar-refractivity contribution in [1.29, 1.82) is 0 Å². The molecule has 22 heavy (non-hydrogen) atoms. The highest BCUT2D eigenvalue weighted by Gasteiger charge is 2.34. The molecule has 0 aromatic heterocycles. The van der Waals surface area contributed by atoms with Crippen molar-refractivity contribution >= 4 is 17.6 Å². The topological polar surface area (TPSA) is 94.1 Å². The van der Waals surface area contributed by atoms with E-state index in [4.69, 9.17) is 19.3 Å². The Hall–Kier alpha value is -2.12. The smallest absolute Gasteiger partial charge is 0.332 e. The lowest BCUT2D eigenvalue weighted by Crippen LogP contribution is -2.29. The second-order valence-corrected chi connectivity index (χ2v) is 4.88. The van der Waals surface area contributed by atoms with E-state index in [2.05, 4.69) is 5.32 Å². The highest BCUT2D eigenvalue weighted by Crippen LogP contribution is 2.22. The first-order valence-corrected chi connectivity index (χ1v) is 7.01. The van der Waals surface area contributed by atoms with E-state index in [-0.39, 0.29) is 5.91 Å². The molecule has 2 rings (SSSR count). The Morgan fingerprint density at radius 2 is 1.91 bits per heavy atom. The van der Waals surface area contributed by atoms with Gasteiger partial charge < -0.3 is 24.6 Å². The van der Waals surface area contributed by atoms with E-state index in [0.717, 1.165) is 0 Å². The van der Waals surface area contributed by atoms with E-state index < -0.39 is 18.2 Å². The van der Waals surface area contributed by atoms with Crippen LogP contribution in [0.25, 0.3) is 0 Å². The largest absolute Gasteiger partial charge is 0.491 e. The number of anilines is 1. The van der Waals surface area contributed by atoms with Gasteiger partial charge in [-0.1, -0.05) is 0 Å². The molecule has 7 nitrogen and oxygen atoms in total. The molecule has 7 heteroatoms. The molecule has 0 radical (unpaired) electrons. The zero-order valence-corrected chi connectivity index (χ0v) is 12.3. The molecule has 1 aliphatic rings. The summed E-state index contributed by atoms with van der Waals surface area (Å²) in [4.78, 5) is 22.8. The summed E-state index contributed by atoms with van der Waals surface area (Å²) in [5.74, 6) is -0.692. The van der Waals surface area contributed by atoms with E-state index in [1.165, 1.54) is 0 Å². The number of aliphatic carboxylic acids is 1. The summed E-state index contributed by atoms with van der Waals surface area (Å²) in [5, 5.41) is 11.5. The minimum atomic E-state index is -1.03. The van der Waals surface area contributed by atoms with Gasteiger partial charge in [-0.3, -0.25) is 4.79 Å². The van der Waals surface area contributed by atoms with Gasteiger partial charge >= 0.3 is 5.97 Å². The summed E-state index contributed by atoms with van der Waals surface area (Å²) >= 11 is 0. The van der Waals surface area contributed by atoms with Crippen LogP contribution in [0, 0.1) is 0 Å². The molecule has 0 bridgehead atoms. The summed E-state index contributed by atoms with van der Waals surface area (Å²) in [6.07, 6.45) is -0.869. The molecule has 0 spiro atoms.